The highest BCUT2D eigenvalue weighted by Crippen LogP contribution is 2.21. The van der Waals surface area contributed by atoms with Gasteiger partial charge in [0, 0.05) is 18.2 Å². The van der Waals surface area contributed by atoms with Gasteiger partial charge in [-0.25, -0.2) is 4.39 Å². The van der Waals surface area contributed by atoms with Gasteiger partial charge in [-0.1, -0.05) is 12.1 Å². The molecule has 15 heavy (non-hydrogen) atoms. The largest absolute Gasteiger partial charge is 0.295 e. The Morgan fingerprint density at radius 2 is 2.00 bits per heavy atom. The molecular weight excluding hydrogens is 195 g/mol. The SMILES string of the molecule is Cc1c(-c2ccccc2F)[nH]n(C)c1=O. The number of aromatic nitrogens is 2. The number of hydrogen-bond donors (Lipinski definition) is 1. The lowest BCUT2D eigenvalue weighted by molar-refractivity contribution is 0.629. The van der Waals surface area contributed by atoms with Gasteiger partial charge in [0.25, 0.3) is 5.56 Å². The van der Waals surface area contributed by atoms with Crippen LogP contribution in [0.3, 0.4) is 0 Å². The van der Waals surface area contributed by atoms with E-state index in [0.29, 0.717) is 16.8 Å². The van der Waals surface area contributed by atoms with Crippen LogP contribution in [-0.4, -0.2) is 9.78 Å². The van der Waals surface area contributed by atoms with Crippen molar-refractivity contribution < 1.29 is 4.39 Å². The van der Waals surface area contributed by atoms with Crippen LogP contribution in [0.15, 0.2) is 29.1 Å². The fourth-order valence-electron chi connectivity index (χ4n) is 1.59. The maximum absolute atomic E-state index is 13.5. The third-order valence-electron chi connectivity index (χ3n) is 2.42. The lowest BCUT2D eigenvalue weighted by Gasteiger charge is -2.00. The molecule has 1 N–H and O–H groups in total. The van der Waals surface area contributed by atoms with E-state index in [1.807, 2.05) is 0 Å². The number of benzene rings is 1. The van der Waals surface area contributed by atoms with Gasteiger partial charge in [0.15, 0.2) is 0 Å². The maximum Gasteiger partial charge on any atom is 0.269 e. The zero-order valence-electron chi connectivity index (χ0n) is 8.54. The molecular formula is C11H11FN2O. The number of aromatic amines is 1. The third kappa shape index (κ3) is 1.48. The fraction of sp³-hybridized carbons (Fsp3) is 0.182. The zero-order valence-corrected chi connectivity index (χ0v) is 8.54. The smallest absolute Gasteiger partial charge is 0.269 e. The topological polar surface area (TPSA) is 37.8 Å². The zero-order chi connectivity index (χ0) is 11.0. The first-order chi connectivity index (χ1) is 7.11. The second kappa shape index (κ2) is 3.38. The summed E-state index contributed by atoms with van der Waals surface area (Å²) in [6.45, 7) is 1.68. The molecule has 4 heteroatoms. The molecule has 2 aromatic rings. The van der Waals surface area contributed by atoms with Gasteiger partial charge in [-0.3, -0.25) is 14.6 Å². The Bertz CT molecular complexity index is 554. The first-order valence-corrected chi connectivity index (χ1v) is 4.61. The van der Waals surface area contributed by atoms with Crippen molar-refractivity contribution in [2.45, 2.75) is 6.92 Å². The molecule has 1 heterocycles. The number of nitrogens with zero attached hydrogens (tertiary/aromatic N) is 1. The van der Waals surface area contributed by atoms with Crippen LogP contribution >= 0.6 is 0 Å². The Hall–Kier alpha value is -1.84. The lowest BCUT2D eigenvalue weighted by atomic mass is 10.1. The average molecular weight is 206 g/mol. The number of hydrogen-bond acceptors (Lipinski definition) is 1. The molecule has 0 aliphatic rings. The van der Waals surface area contributed by atoms with Crippen LogP contribution in [0.1, 0.15) is 5.56 Å². The molecule has 0 fully saturated rings. The second-order valence-corrected chi connectivity index (χ2v) is 3.46. The summed E-state index contributed by atoms with van der Waals surface area (Å²) < 4.78 is 14.8. The Morgan fingerprint density at radius 1 is 1.33 bits per heavy atom. The Balaban J connectivity index is 2.70. The van der Waals surface area contributed by atoms with E-state index in [9.17, 15) is 9.18 Å². The number of rotatable bonds is 1. The summed E-state index contributed by atoms with van der Waals surface area (Å²) in [6, 6.07) is 6.38. The molecule has 0 atom stereocenters. The fourth-order valence-corrected chi connectivity index (χ4v) is 1.59. The highest BCUT2D eigenvalue weighted by molar-refractivity contribution is 5.62. The summed E-state index contributed by atoms with van der Waals surface area (Å²) in [4.78, 5) is 11.5. The van der Waals surface area contributed by atoms with Gasteiger partial charge in [0.05, 0.1) is 5.69 Å². The van der Waals surface area contributed by atoms with Crippen LogP contribution in [0.5, 0.6) is 0 Å². The van der Waals surface area contributed by atoms with Gasteiger partial charge < -0.3 is 0 Å². The van der Waals surface area contributed by atoms with Crippen LogP contribution in [0.2, 0.25) is 0 Å². The number of halogens is 1. The van der Waals surface area contributed by atoms with Crippen molar-refractivity contribution in [3.8, 4) is 11.3 Å². The van der Waals surface area contributed by atoms with Crippen LogP contribution < -0.4 is 5.56 Å². The van der Waals surface area contributed by atoms with E-state index in [-0.39, 0.29) is 11.4 Å². The van der Waals surface area contributed by atoms with Crippen molar-refractivity contribution in [1.29, 1.82) is 0 Å². The first kappa shape index (κ1) is 9.71. The lowest BCUT2D eigenvalue weighted by Crippen LogP contribution is -2.12. The van der Waals surface area contributed by atoms with Crippen molar-refractivity contribution in [3.05, 3.63) is 46.0 Å². The standard InChI is InChI=1S/C11H11FN2O/c1-7-10(13-14(2)11(7)15)8-5-3-4-6-9(8)12/h3-6,13H,1-2H3. The van der Waals surface area contributed by atoms with Crippen LogP contribution in [0, 0.1) is 12.7 Å². The molecule has 3 nitrogen and oxygen atoms in total. The Kier molecular flexibility index (Phi) is 2.19. The molecule has 0 amide bonds. The van der Waals surface area contributed by atoms with Crippen LogP contribution in [0.4, 0.5) is 4.39 Å². The molecule has 0 aliphatic carbocycles. The number of aryl methyl sites for hydroxylation is 1. The van der Waals surface area contributed by atoms with E-state index in [0.717, 1.165) is 0 Å². The van der Waals surface area contributed by atoms with Gasteiger partial charge in [-0.15, -0.1) is 0 Å². The summed E-state index contributed by atoms with van der Waals surface area (Å²) in [5.74, 6) is -0.331. The predicted octanol–water partition coefficient (Wildman–Crippen LogP) is 1.83. The molecule has 2 rings (SSSR count). The molecule has 1 aromatic carbocycles. The van der Waals surface area contributed by atoms with Crippen molar-refractivity contribution in [2.75, 3.05) is 0 Å². The summed E-state index contributed by atoms with van der Waals surface area (Å²) in [5.41, 5.74) is 1.36. The number of H-pyrrole nitrogens is 1. The first-order valence-electron chi connectivity index (χ1n) is 4.61. The summed E-state index contributed by atoms with van der Waals surface area (Å²) in [7, 11) is 1.61. The monoisotopic (exact) mass is 206 g/mol. The summed E-state index contributed by atoms with van der Waals surface area (Å²) in [6.07, 6.45) is 0. The maximum atomic E-state index is 13.5. The van der Waals surface area contributed by atoms with Gasteiger partial charge in [-0.05, 0) is 19.1 Å². The van der Waals surface area contributed by atoms with E-state index >= 15 is 0 Å². The van der Waals surface area contributed by atoms with Gasteiger partial charge in [0.1, 0.15) is 5.82 Å². The molecule has 0 saturated carbocycles. The van der Waals surface area contributed by atoms with E-state index in [2.05, 4.69) is 5.10 Å². The van der Waals surface area contributed by atoms with E-state index in [4.69, 9.17) is 0 Å². The number of nitrogens with one attached hydrogen (secondary N) is 1. The van der Waals surface area contributed by atoms with Crippen molar-refractivity contribution in [1.82, 2.24) is 9.78 Å². The normalized spacial score (nSPS) is 10.6. The van der Waals surface area contributed by atoms with Crippen LogP contribution in [-0.2, 0) is 7.05 Å². The molecule has 0 unspecified atom stereocenters. The average Bonchev–Trinajstić information content (AvgIpc) is 2.47. The summed E-state index contributed by atoms with van der Waals surface area (Å²) in [5, 5.41) is 2.83. The highest BCUT2D eigenvalue weighted by Gasteiger charge is 2.12. The van der Waals surface area contributed by atoms with E-state index in [1.54, 1.807) is 32.2 Å². The quantitative estimate of drug-likeness (QED) is 0.759. The van der Waals surface area contributed by atoms with E-state index in [1.165, 1.54) is 10.7 Å². The van der Waals surface area contributed by atoms with Crippen molar-refractivity contribution >= 4 is 0 Å². The molecule has 0 radical (unpaired) electrons. The molecule has 0 spiro atoms. The van der Waals surface area contributed by atoms with Crippen LogP contribution in [0.25, 0.3) is 11.3 Å². The molecule has 0 bridgehead atoms. The molecule has 78 valence electrons. The van der Waals surface area contributed by atoms with Crippen molar-refractivity contribution in [3.63, 3.8) is 0 Å². The summed E-state index contributed by atoms with van der Waals surface area (Å²) >= 11 is 0. The Morgan fingerprint density at radius 3 is 2.53 bits per heavy atom. The second-order valence-electron chi connectivity index (χ2n) is 3.46. The van der Waals surface area contributed by atoms with Gasteiger partial charge >= 0.3 is 0 Å². The third-order valence-corrected chi connectivity index (χ3v) is 2.42. The minimum Gasteiger partial charge on any atom is -0.295 e. The van der Waals surface area contributed by atoms with Gasteiger partial charge in [0.2, 0.25) is 0 Å². The molecule has 0 saturated heterocycles. The molecule has 0 aliphatic heterocycles. The highest BCUT2D eigenvalue weighted by atomic mass is 19.1. The van der Waals surface area contributed by atoms with Crippen molar-refractivity contribution in [2.24, 2.45) is 7.05 Å². The predicted molar refractivity (Wildman–Crippen MR) is 56.2 cm³/mol. The minimum absolute atomic E-state index is 0.131. The van der Waals surface area contributed by atoms with E-state index < -0.39 is 0 Å². The Labute approximate surface area is 86.2 Å². The van der Waals surface area contributed by atoms with Gasteiger partial charge in [-0.2, -0.15) is 0 Å². The molecule has 1 aromatic heterocycles. The minimum atomic E-state index is -0.331.